The van der Waals surface area contributed by atoms with Gasteiger partial charge in [-0.3, -0.25) is 0 Å². The molecule has 0 radical (unpaired) electrons. The number of hydrogen-bond acceptors (Lipinski definition) is 3. The second kappa shape index (κ2) is 6.08. The molecular weight excluding hydrogens is 258 g/mol. The quantitative estimate of drug-likeness (QED) is 0.773. The van der Waals surface area contributed by atoms with Gasteiger partial charge in [0, 0.05) is 16.2 Å². The summed E-state index contributed by atoms with van der Waals surface area (Å²) in [4.78, 5) is 4.17. The van der Waals surface area contributed by atoms with Crippen molar-refractivity contribution in [1.29, 1.82) is 0 Å². The molecule has 0 saturated heterocycles. The van der Waals surface area contributed by atoms with Crippen LogP contribution in [0, 0.1) is 6.92 Å². The van der Waals surface area contributed by atoms with Gasteiger partial charge in [0.15, 0.2) is 0 Å². The summed E-state index contributed by atoms with van der Waals surface area (Å²) in [5, 5.41) is 0. The molecule has 15 heavy (non-hydrogen) atoms. The zero-order valence-electron chi connectivity index (χ0n) is 9.29. The molecule has 0 aliphatic carbocycles. The van der Waals surface area contributed by atoms with E-state index in [0.29, 0.717) is 19.1 Å². The van der Waals surface area contributed by atoms with Crippen LogP contribution in [0.25, 0.3) is 0 Å². The van der Waals surface area contributed by atoms with Crippen molar-refractivity contribution in [1.82, 2.24) is 4.98 Å². The Labute approximate surface area is 98.9 Å². The van der Waals surface area contributed by atoms with Crippen LogP contribution < -0.4 is 4.74 Å². The highest BCUT2D eigenvalue weighted by Gasteiger charge is 2.01. The number of nitrogens with zero attached hydrogens (tertiary/aromatic N) is 1. The van der Waals surface area contributed by atoms with E-state index in [4.69, 9.17) is 9.47 Å². The van der Waals surface area contributed by atoms with Crippen LogP contribution in [0.1, 0.15) is 19.4 Å². The summed E-state index contributed by atoms with van der Waals surface area (Å²) in [6, 6.07) is 1.98. The molecule has 3 nitrogen and oxygen atoms in total. The van der Waals surface area contributed by atoms with Crippen LogP contribution in [0.2, 0.25) is 0 Å². The molecular formula is C11H16BrNO2. The molecule has 0 N–H and O–H groups in total. The Morgan fingerprint density at radius 3 is 2.73 bits per heavy atom. The number of halogens is 1. The van der Waals surface area contributed by atoms with E-state index in [-0.39, 0.29) is 6.10 Å². The minimum atomic E-state index is 0.243. The first-order valence-electron chi connectivity index (χ1n) is 4.96. The van der Waals surface area contributed by atoms with Crippen molar-refractivity contribution in [3.8, 4) is 5.88 Å². The highest BCUT2D eigenvalue weighted by molar-refractivity contribution is 9.10. The summed E-state index contributed by atoms with van der Waals surface area (Å²) in [7, 11) is 0. The average molecular weight is 274 g/mol. The SMILES string of the molecule is Cc1cc(Br)cnc1OCCOC(C)C. The molecule has 1 aromatic heterocycles. The molecule has 0 aliphatic heterocycles. The Bertz CT molecular complexity index is 315. The van der Waals surface area contributed by atoms with Crippen LogP contribution in [-0.4, -0.2) is 24.3 Å². The minimum absolute atomic E-state index is 0.243. The van der Waals surface area contributed by atoms with Crippen molar-refractivity contribution in [3.05, 3.63) is 22.3 Å². The third-order valence-electron chi connectivity index (χ3n) is 1.77. The molecule has 84 valence electrons. The van der Waals surface area contributed by atoms with E-state index in [0.717, 1.165) is 10.0 Å². The predicted octanol–water partition coefficient (Wildman–Crippen LogP) is 2.96. The van der Waals surface area contributed by atoms with E-state index in [9.17, 15) is 0 Å². The van der Waals surface area contributed by atoms with Gasteiger partial charge in [0.2, 0.25) is 5.88 Å². The van der Waals surface area contributed by atoms with Gasteiger partial charge in [0.1, 0.15) is 6.61 Å². The van der Waals surface area contributed by atoms with Gasteiger partial charge < -0.3 is 9.47 Å². The summed E-state index contributed by atoms with van der Waals surface area (Å²) in [6.45, 7) is 7.10. The number of pyridine rings is 1. The lowest BCUT2D eigenvalue weighted by atomic mass is 10.3. The third kappa shape index (κ3) is 4.62. The molecule has 1 heterocycles. The van der Waals surface area contributed by atoms with Gasteiger partial charge in [-0.15, -0.1) is 0 Å². The smallest absolute Gasteiger partial charge is 0.216 e. The van der Waals surface area contributed by atoms with Crippen LogP contribution in [0.3, 0.4) is 0 Å². The van der Waals surface area contributed by atoms with Crippen LogP contribution in [0.15, 0.2) is 16.7 Å². The summed E-state index contributed by atoms with van der Waals surface area (Å²) in [5.41, 5.74) is 1.02. The molecule has 0 amide bonds. The van der Waals surface area contributed by atoms with Crippen molar-refractivity contribution in [2.45, 2.75) is 26.9 Å². The summed E-state index contributed by atoms with van der Waals surface area (Å²) >= 11 is 3.35. The molecule has 0 bridgehead atoms. The zero-order chi connectivity index (χ0) is 11.3. The monoisotopic (exact) mass is 273 g/mol. The maximum Gasteiger partial charge on any atom is 0.216 e. The second-order valence-electron chi connectivity index (χ2n) is 3.54. The second-order valence-corrected chi connectivity index (χ2v) is 4.46. The summed E-state index contributed by atoms with van der Waals surface area (Å²) in [5.74, 6) is 0.672. The molecule has 0 unspecified atom stereocenters. The summed E-state index contributed by atoms with van der Waals surface area (Å²) < 4.78 is 11.8. The molecule has 1 aromatic rings. The van der Waals surface area contributed by atoms with Gasteiger partial charge in [-0.25, -0.2) is 4.98 Å². The predicted molar refractivity (Wildman–Crippen MR) is 63.3 cm³/mol. The third-order valence-corrected chi connectivity index (χ3v) is 2.20. The first kappa shape index (κ1) is 12.5. The van der Waals surface area contributed by atoms with E-state index in [2.05, 4.69) is 20.9 Å². The fourth-order valence-corrected chi connectivity index (χ4v) is 1.55. The largest absolute Gasteiger partial charge is 0.475 e. The van der Waals surface area contributed by atoms with Crippen molar-refractivity contribution in [2.24, 2.45) is 0 Å². The van der Waals surface area contributed by atoms with Crippen LogP contribution >= 0.6 is 15.9 Å². The lowest BCUT2D eigenvalue weighted by Crippen LogP contribution is -2.12. The fourth-order valence-electron chi connectivity index (χ4n) is 1.10. The first-order chi connectivity index (χ1) is 7.09. The first-order valence-corrected chi connectivity index (χ1v) is 5.75. The Hall–Kier alpha value is -0.610. The van der Waals surface area contributed by atoms with E-state index in [1.54, 1.807) is 6.20 Å². The van der Waals surface area contributed by atoms with E-state index in [1.165, 1.54) is 0 Å². The Morgan fingerprint density at radius 2 is 2.13 bits per heavy atom. The molecule has 0 aliphatic rings. The van der Waals surface area contributed by atoms with Crippen LogP contribution in [-0.2, 0) is 4.74 Å². The van der Waals surface area contributed by atoms with Crippen LogP contribution in [0.5, 0.6) is 5.88 Å². The topological polar surface area (TPSA) is 31.4 Å². The lowest BCUT2D eigenvalue weighted by Gasteiger charge is -2.10. The molecule has 0 fully saturated rings. The molecule has 0 aromatic carbocycles. The zero-order valence-corrected chi connectivity index (χ0v) is 10.9. The van der Waals surface area contributed by atoms with Crippen molar-refractivity contribution in [2.75, 3.05) is 13.2 Å². The maximum absolute atomic E-state index is 5.49. The van der Waals surface area contributed by atoms with Crippen molar-refractivity contribution >= 4 is 15.9 Å². The van der Waals surface area contributed by atoms with Gasteiger partial charge >= 0.3 is 0 Å². The minimum Gasteiger partial charge on any atom is -0.475 e. The normalized spacial score (nSPS) is 10.7. The maximum atomic E-state index is 5.49. The number of hydrogen-bond donors (Lipinski definition) is 0. The molecule has 4 heteroatoms. The molecule has 0 saturated carbocycles. The van der Waals surface area contributed by atoms with E-state index < -0.39 is 0 Å². The standard InChI is InChI=1S/C11H16BrNO2/c1-8(2)14-4-5-15-11-9(3)6-10(12)7-13-11/h6-8H,4-5H2,1-3H3. The van der Waals surface area contributed by atoms with Gasteiger partial charge in [0.25, 0.3) is 0 Å². The highest BCUT2D eigenvalue weighted by Crippen LogP contribution is 2.18. The number of rotatable bonds is 5. The van der Waals surface area contributed by atoms with Gasteiger partial charge in [-0.05, 0) is 42.8 Å². The molecule has 1 rings (SSSR count). The number of aromatic nitrogens is 1. The summed E-state index contributed by atoms with van der Waals surface area (Å²) in [6.07, 6.45) is 1.97. The fraction of sp³-hybridized carbons (Fsp3) is 0.545. The average Bonchev–Trinajstić information content (AvgIpc) is 2.14. The van der Waals surface area contributed by atoms with Crippen LogP contribution in [0.4, 0.5) is 0 Å². The van der Waals surface area contributed by atoms with Crippen molar-refractivity contribution in [3.63, 3.8) is 0 Å². The highest BCUT2D eigenvalue weighted by atomic mass is 79.9. The Kier molecular flexibility index (Phi) is 5.05. The van der Waals surface area contributed by atoms with E-state index >= 15 is 0 Å². The van der Waals surface area contributed by atoms with Gasteiger partial charge in [-0.2, -0.15) is 0 Å². The lowest BCUT2D eigenvalue weighted by molar-refractivity contribution is 0.0541. The van der Waals surface area contributed by atoms with Gasteiger partial charge in [-0.1, -0.05) is 0 Å². The molecule has 0 spiro atoms. The number of ether oxygens (including phenoxy) is 2. The van der Waals surface area contributed by atoms with Gasteiger partial charge in [0.05, 0.1) is 12.7 Å². The number of aryl methyl sites for hydroxylation is 1. The Morgan fingerprint density at radius 1 is 1.40 bits per heavy atom. The van der Waals surface area contributed by atoms with Crippen molar-refractivity contribution < 1.29 is 9.47 Å². The Balaban J connectivity index is 2.37. The molecule has 0 atom stereocenters. The van der Waals surface area contributed by atoms with E-state index in [1.807, 2.05) is 26.8 Å².